The van der Waals surface area contributed by atoms with Crippen molar-refractivity contribution in [1.29, 1.82) is 0 Å². The monoisotopic (exact) mass is 815 g/mol. The zero-order valence-electron chi connectivity index (χ0n) is 18.3. The first-order valence-electron chi connectivity index (χ1n) is 10.8. The van der Waals surface area contributed by atoms with Gasteiger partial charge in [0.2, 0.25) is 0 Å². The summed E-state index contributed by atoms with van der Waals surface area (Å²) in [6.45, 7) is 2.09. The summed E-state index contributed by atoms with van der Waals surface area (Å²) in [5.41, 5.74) is 5.82. The molecule has 0 saturated carbocycles. The number of nitrogens with zero attached hydrogens (tertiary/aromatic N) is 2. The van der Waals surface area contributed by atoms with Gasteiger partial charge < -0.3 is 0 Å². The zero-order valence-corrected chi connectivity index (χ0v) is 24.1. The number of benzene rings is 3. The predicted molar refractivity (Wildman–Crippen MR) is 133 cm³/mol. The number of fused-ring (bicyclic) bond motifs is 3. The van der Waals surface area contributed by atoms with Gasteiger partial charge in [-0.2, -0.15) is 0 Å². The third-order valence-electron chi connectivity index (χ3n) is 5.62. The summed E-state index contributed by atoms with van der Waals surface area (Å²) in [5.74, 6) is 1.20. The SMILES string of the molecule is Cc1cc[c]([Bi]2[c]3[c-]c(-c4[c-]c(Oc5ccccn5)ccc4)ccc3-c3cccc[c]32)nc1.[Pt+2]. The van der Waals surface area contributed by atoms with Crippen LogP contribution in [0.25, 0.3) is 22.3 Å². The number of pyridine rings is 2. The van der Waals surface area contributed by atoms with E-state index in [-0.39, 0.29) is 21.1 Å². The predicted octanol–water partition coefficient (Wildman–Crippen LogP) is 4.34. The second-order valence-corrected chi connectivity index (χ2v) is 15.9. The Hall–Kier alpha value is -2.67. The molecule has 0 spiro atoms. The van der Waals surface area contributed by atoms with Gasteiger partial charge in [-0.15, -0.1) is 0 Å². The first-order chi connectivity index (χ1) is 16.3. The molecule has 0 radical (unpaired) electrons. The summed E-state index contributed by atoms with van der Waals surface area (Å²) in [6.07, 6.45) is 3.71. The maximum absolute atomic E-state index is 5.91. The number of aromatic nitrogens is 2. The first kappa shape index (κ1) is 23.1. The molecule has 0 unspecified atom stereocenters. The van der Waals surface area contributed by atoms with E-state index < -0.39 is 21.8 Å². The van der Waals surface area contributed by atoms with Gasteiger partial charge >= 0.3 is 223 Å². The number of aryl methyl sites for hydroxylation is 1. The fourth-order valence-corrected chi connectivity index (χ4v) is 13.6. The largest absolute Gasteiger partial charge is 2.00 e. The Bertz CT molecular complexity index is 1460. The minimum atomic E-state index is -2.52. The Kier molecular flexibility index (Phi) is 6.73. The molecule has 3 aromatic carbocycles. The Balaban J connectivity index is 0.00000241. The van der Waals surface area contributed by atoms with Crippen molar-refractivity contribution in [3.05, 3.63) is 115 Å². The second kappa shape index (κ2) is 9.90. The molecule has 0 amide bonds. The molecule has 34 heavy (non-hydrogen) atoms. The molecule has 1 aliphatic heterocycles. The van der Waals surface area contributed by atoms with Crippen molar-refractivity contribution in [1.82, 2.24) is 9.97 Å². The molecule has 6 rings (SSSR count). The summed E-state index contributed by atoms with van der Waals surface area (Å²) < 4.78 is 9.98. The third-order valence-corrected chi connectivity index (χ3v) is 14.9. The van der Waals surface area contributed by atoms with Crippen molar-refractivity contribution in [3.63, 3.8) is 0 Å². The average Bonchev–Trinajstić information content (AvgIpc) is 3.19. The van der Waals surface area contributed by atoms with Gasteiger partial charge in [0.05, 0.1) is 0 Å². The molecule has 1 aliphatic rings. The smallest absolute Gasteiger partial charge is 2.00 e. The number of rotatable bonds is 4. The molecule has 166 valence electrons. The summed E-state index contributed by atoms with van der Waals surface area (Å²) in [5, 5.41) is 0. The van der Waals surface area contributed by atoms with Gasteiger partial charge in [-0.3, -0.25) is 0 Å². The van der Waals surface area contributed by atoms with E-state index in [1.165, 1.54) is 26.6 Å². The van der Waals surface area contributed by atoms with Crippen LogP contribution in [0.1, 0.15) is 5.56 Å². The molecule has 3 heterocycles. The van der Waals surface area contributed by atoms with E-state index in [0.29, 0.717) is 11.6 Å². The molecule has 3 nitrogen and oxygen atoms in total. The minimum Gasteiger partial charge on any atom is 2.00 e. The third kappa shape index (κ3) is 4.38. The van der Waals surface area contributed by atoms with E-state index >= 15 is 0 Å². The van der Waals surface area contributed by atoms with Crippen LogP contribution in [0.15, 0.2) is 97.3 Å². The van der Waals surface area contributed by atoms with Crippen LogP contribution in [0.5, 0.6) is 11.6 Å². The van der Waals surface area contributed by atoms with E-state index in [1.54, 1.807) is 6.20 Å². The van der Waals surface area contributed by atoms with E-state index in [2.05, 4.69) is 78.6 Å². The Morgan fingerprint density at radius 1 is 0.735 bits per heavy atom. The van der Waals surface area contributed by atoms with Gasteiger partial charge in [-0.1, -0.05) is 0 Å². The second-order valence-electron chi connectivity index (χ2n) is 7.88. The van der Waals surface area contributed by atoms with Crippen LogP contribution in [0.4, 0.5) is 0 Å². The van der Waals surface area contributed by atoms with Crippen molar-refractivity contribution in [3.8, 4) is 33.9 Å². The van der Waals surface area contributed by atoms with Crippen LogP contribution in [0, 0.1) is 19.1 Å². The number of ether oxygens (including phenoxy) is 1. The first-order valence-corrected chi connectivity index (χ1v) is 16.0. The molecule has 0 atom stereocenters. The Labute approximate surface area is 221 Å². The van der Waals surface area contributed by atoms with Crippen LogP contribution in [0.3, 0.4) is 0 Å². The Morgan fingerprint density at radius 2 is 1.59 bits per heavy atom. The summed E-state index contributed by atoms with van der Waals surface area (Å²) in [7, 11) is 0. The molecule has 0 bridgehead atoms. The summed E-state index contributed by atoms with van der Waals surface area (Å²) in [4.78, 5) is 9.10. The van der Waals surface area contributed by atoms with E-state index in [9.17, 15) is 0 Å². The molecule has 0 N–H and O–H groups in total. The summed E-state index contributed by atoms with van der Waals surface area (Å²) in [6, 6.07) is 36.3. The van der Waals surface area contributed by atoms with Crippen molar-refractivity contribution < 1.29 is 25.8 Å². The zero-order chi connectivity index (χ0) is 22.2. The maximum atomic E-state index is 5.91. The van der Waals surface area contributed by atoms with Crippen LogP contribution in [0.2, 0.25) is 0 Å². The topological polar surface area (TPSA) is 35.0 Å². The van der Waals surface area contributed by atoms with Crippen LogP contribution >= 0.6 is 0 Å². The molecule has 5 heteroatoms. The van der Waals surface area contributed by atoms with Crippen LogP contribution in [-0.2, 0) is 21.1 Å². The molecular weight excluding hydrogens is 796 g/mol. The van der Waals surface area contributed by atoms with E-state index in [0.717, 1.165) is 11.1 Å². The molecule has 2 aromatic heterocycles. The molecule has 0 fully saturated rings. The van der Waals surface area contributed by atoms with Crippen molar-refractivity contribution in [2.24, 2.45) is 0 Å². The van der Waals surface area contributed by atoms with E-state index in [1.807, 2.05) is 36.5 Å². The average molecular weight is 816 g/mol. The van der Waals surface area contributed by atoms with Crippen LogP contribution in [-0.4, -0.2) is 31.7 Å². The van der Waals surface area contributed by atoms with Gasteiger partial charge in [-0.05, 0) is 0 Å². The van der Waals surface area contributed by atoms with Crippen molar-refractivity contribution >= 4 is 31.7 Å². The fraction of sp³-hybridized carbons (Fsp3) is 0.0345. The number of hydrogen-bond donors (Lipinski definition) is 0. The number of hydrogen-bond acceptors (Lipinski definition) is 3. The molecular formula is C29H19BiN2OPt. The molecule has 0 aliphatic carbocycles. The maximum Gasteiger partial charge on any atom is 2.00 e. The van der Waals surface area contributed by atoms with Crippen LogP contribution < -0.4 is 14.7 Å². The van der Waals surface area contributed by atoms with E-state index in [4.69, 9.17) is 9.72 Å². The molecule has 0 saturated heterocycles. The van der Waals surface area contributed by atoms with Gasteiger partial charge in [0, 0.05) is 0 Å². The van der Waals surface area contributed by atoms with Gasteiger partial charge in [0.25, 0.3) is 0 Å². The minimum absolute atomic E-state index is 0. The van der Waals surface area contributed by atoms with Gasteiger partial charge in [0.15, 0.2) is 0 Å². The normalized spacial score (nSPS) is 11.9. The van der Waals surface area contributed by atoms with Crippen molar-refractivity contribution in [2.75, 3.05) is 0 Å². The van der Waals surface area contributed by atoms with Crippen molar-refractivity contribution in [2.45, 2.75) is 6.92 Å². The summed E-state index contributed by atoms with van der Waals surface area (Å²) >= 11 is -2.52. The fourth-order valence-electron chi connectivity index (χ4n) is 4.06. The standard InChI is InChI=1S/C23H13NO.C6H6N.Bi.Pt/c1-2-7-18(8-3-1)19-12-14-20(15-13-19)21-9-6-10-22(17-21)25-23-11-4-5-16-24-23;1-6-3-2-4-7-5-6;;/h1-7,9-12,14,16H;2-3,5H,1H3;;/q-2;;;+2. The van der Waals surface area contributed by atoms with Gasteiger partial charge in [0.1, 0.15) is 0 Å². The quantitative estimate of drug-likeness (QED) is 0.197. The molecule has 5 aromatic rings. The van der Waals surface area contributed by atoms with Gasteiger partial charge in [-0.25, -0.2) is 0 Å². The Morgan fingerprint density at radius 3 is 2.41 bits per heavy atom.